The molecule has 71 valence electrons. The van der Waals surface area contributed by atoms with Crippen LogP contribution in [0.1, 0.15) is 16.7 Å². The topological polar surface area (TPSA) is 0 Å². The maximum Gasteiger partial charge on any atom is -0.0149 e. The molecule has 0 bridgehead atoms. The molecule has 14 heavy (non-hydrogen) atoms. The summed E-state index contributed by atoms with van der Waals surface area (Å²) in [5.74, 6) is 0. The van der Waals surface area contributed by atoms with Gasteiger partial charge < -0.3 is 0 Å². The zero-order valence-electron chi connectivity index (χ0n) is 8.80. The minimum atomic E-state index is 0.861. The molecule has 0 N–H and O–H groups in total. The molecule has 0 aliphatic heterocycles. The minimum absolute atomic E-state index is 0.861. The summed E-state index contributed by atoms with van der Waals surface area (Å²) in [5, 5.41) is 2.72. The molecule has 0 unspecified atom stereocenters. The number of hydrogen-bond donors (Lipinski definition) is 0. The van der Waals surface area contributed by atoms with Crippen molar-refractivity contribution in [2.45, 2.75) is 20.3 Å². The van der Waals surface area contributed by atoms with Crippen molar-refractivity contribution in [3.63, 3.8) is 0 Å². The second-order valence-electron chi connectivity index (χ2n) is 3.77. The largest absolute Gasteiger partial charge is 0.0613 e. The monoisotopic (exact) mass is 183 g/mol. The molecule has 0 atom stereocenters. The summed E-state index contributed by atoms with van der Waals surface area (Å²) in [7, 11) is 0. The van der Waals surface area contributed by atoms with Crippen molar-refractivity contribution in [2.75, 3.05) is 0 Å². The van der Waals surface area contributed by atoms with E-state index in [0.29, 0.717) is 0 Å². The maximum atomic E-state index is 3.96. The Balaban J connectivity index is 2.86. The molecule has 0 aliphatic carbocycles. The van der Waals surface area contributed by atoms with Gasteiger partial charge in [0.2, 0.25) is 0 Å². The smallest absolute Gasteiger partial charge is 0.0149 e. The van der Waals surface area contributed by atoms with Crippen LogP contribution in [0, 0.1) is 20.8 Å². The van der Waals surface area contributed by atoms with Crippen LogP contribution in [0.2, 0.25) is 0 Å². The molecule has 0 aromatic heterocycles. The second kappa shape index (κ2) is 3.45. The quantitative estimate of drug-likeness (QED) is 0.630. The lowest BCUT2D eigenvalue weighted by Crippen LogP contribution is -1.88. The van der Waals surface area contributed by atoms with E-state index in [1.807, 2.05) is 0 Å². The first-order valence-corrected chi connectivity index (χ1v) is 5.01. The normalized spacial score (nSPS) is 10.8. The number of hydrogen-bond acceptors (Lipinski definition) is 0. The molecular weight excluding hydrogens is 168 g/mol. The van der Waals surface area contributed by atoms with Gasteiger partial charge in [0.15, 0.2) is 0 Å². The van der Waals surface area contributed by atoms with Crippen LogP contribution in [0.3, 0.4) is 0 Å². The first kappa shape index (κ1) is 9.26. The summed E-state index contributed by atoms with van der Waals surface area (Å²) in [4.78, 5) is 0. The lowest BCUT2D eigenvalue weighted by molar-refractivity contribution is 1.29. The van der Waals surface area contributed by atoms with Crippen molar-refractivity contribution >= 4 is 10.8 Å². The van der Waals surface area contributed by atoms with Gasteiger partial charge in [0.25, 0.3) is 0 Å². The molecular formula is C14H15. The Bertz CT molecular complexity index is 467. The molecule has 2 aromatic carbocycles. The van der Waals surface area contributed by atoms with Crippen LogP contribution in [-0.4, -0.2) is 0 Å². The van der Waals surface area contributed by atoms with Crippen LogP contribution >= 0.6 is 0 Å². The lowest BCUT2D eigenvalue weighted by atomic mass is 9.96. The highest BCUT2D eigenvalue weighted by Crippen LogP contribution is 2.24. The van der Waals surface area contributed by atoms with E-state index in [0.717, 1.165) is 6.42 Å². The van der Waals surface area contributed by atoms with Gasteiger partial charge in [0, 0.05) is 0 Å². The Morgan fingerprint density at radius 2 is 1.79 bits per heavy atom. The Hall–Kier alpha value is -1.30. The maximum absolute atomic E-state index is 3.96. The van der Waals surface area contributed by atoms with Gasteiger partial charge in [-0.25, -0.2) is 0 Å². The summed E-state index contributed by atoms with van der Waals surface area (Å²) in [6.07, 6.45) is 0.861. The average molecular weight is 183 g/mol. The van der Waals surface area contributed by atoms with Gasteiger partial charge >= 0.3 is 0 Å². The summed E-state index contributed by atoms with van der Waals surface area (Å²) < 4.78 is 0. The van der Waals surface area contributed by atoms with E-state index in [2.05, 4.69) is 51.1 Å². The molecule has 0 heteroatoms. The minimum Gasteiger partial charge on any atom is -0.0613 e. The second-order valence-corrected chi connectivity index (χ2v) is 3.77. The predicted octanol–water partition coefficient (Wildman–Crippen LogP) is 3.83. The number of benzene rings is 2. The number of aryl methyl sites for hydroxylation is 2. The van der Waals surface area contributed by atoms with Gasteiger partial charge in [-0.2, -0.15) is 0 Å². The van der Waals surface area contributed by atoms with Crippen LogP contribution in [0.5, 0.6) is 0 Å². The molecule has 2 aromatic rings. The lowest BCUT2D eigenvalue weighted by Gasteiger charge is -2.08. The van der Waals surface area contributed by atoms with Crippen LogP contribution in [0.15, 0.2) is 30.3 Å². The third kappa shape index (κ3) is 1.31. The molecule has 0 spiro atoms. The third-order valence-corrected chi connectivity index (χ3v) is 2.96. The zero-order valence-corrected chi connectivity index (χ0v) is 8.80. The van der Waals surface area contributed by atoms with Gasteiger partial charge in [-0.1, -0.05) is 30.3 Å². The SMILES string of the molecule is [CH2]Cc1cccc2c(C)c(C)ccc12. The van der Waals surface area contributed by atoms with Gasteiger partial charge in [0.1, 0.15) is 0 Å². The highest BCUT2D eigenvalue weighted by Gasteiger charge is 2.02. The van der Waals surface area contributed by atoms with Gasteiger partial charge in [-0.3, -0.25) is 0 Å². The standard InChI is InChI=1S/C14H15/c1-4-12-6-5-7-13-11(3)10(2)8-9-14(12)13/h5-9H,1,4H2,2-3H3. The molecule has 0 heterocycles. The summed E-state index contributed by atoms with van der Waals surface area (Å²) >= 11 is 0. The van der Waals surface area contributed by atoms with E-state index in [1.165, 1.54) is 27.5 Å². The van der Waals surface area contributed by atoms with E-state index in [1.54, 1.807) is 0 Å². The molecule has 2 rings (SSSR count). The first-order chi connectivity index (χ1) is 6.74. The van der Waals surface area contributed by atoms with Gasteiger partial charge in [-0.15, -0.1) is 0 Å². The van der Waals surface area contributed by atoms with E-state index < -0.39 is 0 Å². The number of fused-ring (bicyclic) bond motifs is 1. The van der Waals surface area contributed by atoms with Crippen molar-refractivity contribution in [1.29, 1.82) is 0 Å². The third-order valence-electron chi connectivity index (χ3n) is 2.96. The summed E-state index contributed by atoms with van der Waals surface area (Å²) in [5.41, 5.74) is 4.09. The summed E-state index contributed by atoms with van der Waals surface area (Å²) in [6, 6.07) is 10.9. The van der Waals surface area contributed by atoms with Crippen LogP contribution in [-0.2, 0) is 6.42 Å². The van der Waals surface area contributed by atoms with Gasteiger partial charge in [0.05, 0.1) is 0 Å². The molecule has 0 aliphatic rings. The molecule has 0 fully saturated rings. The van der Waals surface area contributed by atoms with E-state index >= 15 is 0 Å². The Morgan fingerprint density at radius 1 is 1.00 bits per heavy atom. The van der Waals surface area contributed by atoms with E-state index in [4.69, 9.17) is 0 Å². The van der Waals surface area contributed by atoms with Crippen molar-refractivity contribution in [2.24, 2.45) is 0 Å². The fourth-order valence-electron chi connectivity index (χ4n) is 1.90. The fourth-order valence-corrected chi connectivity index (χ4v) is 1.90. The van der Waals surface area contributed by atoms with Crippen LogP contribution in [0.25, 0.3) is 10.8 Å². The van der Waals surface area contributed by atoms with Gasteiger partial charge in [-0.05, 0) is 54.7 Å². The van der Waals surface area contributed by atoms with Crippen LogP contribution in [0.4, 0.5) is 0 Å². The molecule has 0 saturated heterocycles. The van der Waals surface area contributed by atoms with Crippen molar-refractivity contribution in [3.8, 4) is 0 Å². The first-order valence-electron chi connectivity index (χ1n) is 5.01. The molecule has 0 nitrogen and oxygen atoms in total. The number of rotatable bonds is 1. The Kier molecular flexibility index (Phi) is 2.28. The van der Waals surface area contributed by atoms with Crippen molar-refractivity contribution in [1.82, 2.24) is 0 Å². The predicted molar refractivity (Wildman–Crippen MR) is 62.5 cm³/mol. The Morgan fingerprint density at radius 3 is 2.50 bits per heavy atom. The fraction of sp³-hybridized carbons (Fsp3) is 0.214. The Labute approximate surface area is 85.6 Å². The van der Waals surface area contributed by atoms with Crippen molar-refractivity contribution in [3.05, 3.63) is 53.9 Å². The highest BCUT2D eigenvalue weighted by molar-refractivity contribution is 5.89. The summed E-state index contributed by atoms with van der Waals surface area (Å²) in [6.45, 7) is 8.30. The highest BCUT2D eigenvalue weighted by atomic mass is 14.1. The van der Waals surface area contributed by atoms with E-state index in [-0.39, 0.29) is 0 Å². The molecule has 1 radical (unpaired) electrons. The average Bonchev–Trinajstić information content (AvgIpc) is 2.23. The molecule has 0 saturated carbocycles. The van der Waals surface area contributed by atoms with Crippen LogP contribution < -0.4 is 0 Å². The van der Waals surface area contributed by atoms with E-state index in [9.17, 15) is 0 Å². The van der Waals surface area contributed by atoms with Crippen molar-refractivity contribution < 1.29 is 0 Å². The molecule has 0 amide bonds. The zero-order chi connectivity index (χ0) is 10.1.